The van der Waals surface area contributed by atoms with Gasteiger partial charge in [0, 0.05) is 10.9 Å². The van der Waals surface area contributed by atoms with E-state index < -0.39 is 0 Å². The van der Waals surface area contributed by atoms with Crippen molar-refractivity contribution in [1.82, 2.24) is 4.98 Å². The van der Waals surface area contributed by atoms with Crippen molar-refractivity contribution in [2.75, 3.05) is 19.5 Å². The van der Waals surface area contributed by atoms with Crippen LogP contribution in [0.4, 0.5) is 5.69 Å². The van der Waals surface area contributed by atoms with Crippen LogP contribution in [-0.2, 0) is 0 Å². The van der Waals surface area contributed by atoms with Crippen molar-refractivity contribution >= 4 is 34.1 Å². The number of fused-ring (bicyclic) bond motifs is 1. The summed E-state index contributed by atoms with van der Waals surface area (Å²) in [6.07, 6.45) is 0. The van der Waals surface area contributed by atoms with Crippen LogP contribution in [0.2, 0.25) is 5.02 Å². The number of ether oxygens (including phenoxy) is 2. The van der Waals surface area contributed by atoms with E-state index >= 15 is 0 Å². The molecular weight excluding hydrogens is 424 g/mol. The van der Waals surface area contributed by atoms with E-state index in [4.69, 9.17) is 26.1 Å². The zero-order valence-corrected chi connectivity index (χ0v) is 19.1. The second kappa shape index (κ2) is 8.89. The Morgan fingerprint density at radius 1 is 0.938 bits per heavy atom. The standard InChI is InChI=1S/C26H23ClN2O3/c1-15-11-16(2)25(20(27)12-15)29-26(30)19-14-22(28-21-8-6-5-7-18(19)21)17-9-10-23(31-3)24(13-17)32-4/h5-14H,1-4H3,(H,29,30). The normalized spacial score (nSPS) is 10.8. The maximum atomic E-state index is 13.4. The fourth-order valence-electron chi connectivity index (χ4n) is 3.76. The number of rotatable bonds is 5. The monoisotopic (exact) mass is 446 g/mol. The third kappa shape index (κ3) is 4.12. The summed E-state index contributed by atoms with van der Waals surface area (Å²) in [7, 11) is 3.18. The Morgan fingerprint density at radius 3 is 2.41 bits per heavy atom. The van der Waals surface area contributed by atoms with Crippen LogP contribution in [0.25, 0.3) is 22.2 Å². The number of hydrogen-bond acceptors (Lipinski definition) is 4. The lowest BCUT2D eigenvalue weighted by atomic mass is 10.0. The zero-order chi connectivity index (χ0) is 22.8. The number of nitrogens with zero attached hydrogens (tertiary/aromatic N) is 1. The predicted octanol–water partition coefficient (Wildman–Crippen LogP) is 6.44. The summed E-state index contributed by atoms with van der Waals surface area (Å²) in [6.45, 7) is 3.89. The van der Waals surface area contributed by atoms with Gasteiger partial charge in [0.15, 0.2) is 11.5 Å². The van der Waals surface area contributed by atoms with E-state index in [1.807, 2.05) is 68.4 Å². The number of aryl methyl sites for hydroxylation is 2. The number of halogens is 1. The summed E-state index contributed by atoms with van der Waals surface area (Å²) in [6, 6.07) is 18.7. The van der Waals surface area contributed by atoms with Crippen LogP contribution in [0.15, 0.2) is 60.7 Å². The quantitative estimate of drug-likeness (QED) is 0.383. The third-order valence-corrected chi connectivity index (χ3v) is 5.61. The Hall–Kier alpha value is -3.57. The predicted molar refractivity (Wildman–Crippen MR) is 129 cm³/mol. The van der Waals surface area contributed by atoms with E-state index in [9.17, 15) is 4.79 Å². The van der Waals surface area contributed by atoms with Gasteiger partial charge in [-0.25, -0.2) is 4.98 Å². The summed E-state index contributed by atoms with van der Waals surface area (Å²) in [4.78, 5) is 18.2. The highest BCUT2D eigenvalue weighted by atomic mass is 35.5. The molecule has 0 aliphatic rings. The molecule has 6 heteroatoms. The number of anilines is 1. The molecule has 0 bridgehead atoms. The molecule has 0 atom stereocenters. The Labute approximate surface area is 192 Å². The first kappa shape index (κ1) is 21.7. The first-order valence-corrected chi connectivity index (χ1v) is 10.5. The van der Waals surface area contributed by atoms with Crippen LogP contribution < -0.4 is 14.8 Å². The fourth-order valence-corrected chi connectivity index (χ4v) is 4.13. The minimum atomic E-state index is -0.251. The summed E-state index contributed by atoms with van der Waals surface area (Å²) < 4.78 is 10.8. The number of nitrogens with one attached hydrogen (secondary N) is 1. The number of methoxy groups -OCH3 is 2. The van der Waals surface area contributed by atoms with Gasteiger partial charge in [0.1, 0.15) is 0 Å². The first-order valence-electron chi connectivity index (χ1n) is 10.1. The van der Waals surface area contributed by atoms with Crippen LogP contribution in [0.3, 0.4) is 0 Å². The Kier molecular flexibility index (Phi) is 6.01. The highest BCUT2D eigenvalue weighted by molar-refractivity contribution is 6.34. The topological polar surface area (TPSA) is 60.5 Å². The number of pyridine rings is 1. The Bertz CT molecular complexity index is 1310. The van der Waals surface area contributed by atoms with Gasteiger partial charge in [-0.1, -0.05) is 35.9 Å². The van der Waals surface area contributed by atoms with E-state index in [-0.39, 0.29) is 5.91 Å². The highest BCUT2D eigenvalue weighted by Crippen LogP contribution is 2.34. The molecule has 162 valence electrons. The lowest BCUT2D eigenvalue weighted by Gasteiger charge is -2.14. The third-order valence-electron chi connectivity index (χ3n) is 5.31. The Balaban J connectivity index is 1.82. The van der Waals surface area contributed by atoms with E-state index in [2.05, 4.69) is 5.32 Å². The van der Waals surface area contributed by atoms with Gasteiger partial charge in [0.2, 0.25) is 0 Å². The minimum absolute atomic E-state index is 0.251. The molecule has 0 aliphatic heterocycles. The van der Waals surface area contributed by atoms with Gasteiger partial charge < -0.3 is 14.8 Å². The van der Waals surface area contributed by atoms with E-state index in [0.29, 0.717) is 33.5 Å². The average Bonchev–Trinajstić information content (AvgIpc) is 2.80. The highest BCUT2D eigenvalue weighted by Gasteiger charge is 2.17. The van der Waals surface area contributed by atoms with Crippen molar-refractivity contribution in [3.63, 3.8) is 0 Å². The van der Waals surface area contributed by atoms with E-state index in [0.717, 1.165) is 27.6 Å². The van der Waals surface area contributed by atoms with E-state index in [1.54, 1.807) is 20.3 Å². The first-order chi connectivity index (χ1) is 15.4. The summed E-state index contributed by atoms with van der Waals surface area (Å²) >= 11 is 6.42. The van der Waals surface area contributed by atoms with E-state index in [1.165, 1.54) is 0 Å². The van der Waals surface area contributed by atoms with Crippen LogP contribution in [0, 0.1) is 13.8 Å². The number of para-hydroxylation sites is 1. The number of amides is 1. The molecule has 0 spiro atoms. The molecule has 0 aliphatic carbocycles. The maximum Gasteiger partial charge on any atom is 0.256 e. The van der Waals surface area contributed by atoms with Crippen molar-refractivity contribution in [3.05, 3.63) is 82.4 Å². The minimum Gasteiger partial charge on any atom is -0.493 e. The molecule has 0 fully saturated rings. The number of hydrogen-bond donors (Lipinski definition) is 1. The SMILES string of the molecule is COc1ccc(-c2cc(C(=O)Nc3c(C)cc(C)cc3Cl)c3ccccc3n2)cc1OC. The molecule has 5 nitrogen and oxygen atoms in total. The summed E-state index contributed by atoms with van der Waals surface area (Å²) in [5.41, 5.74) is 5.25. The number of benzene rings is 3. The lowest BCUT2D eigenvalue weighted by molar-refractivity contribution is 0.102. The van der Waals surface area contributed by atoms with Gasteiger partial charge in [-0.2, -0.15) is 0 Å². The zero-order valence-electron chi connectivity index (χ0n) is 18.3. The van der Waals surface area contributed by atoms with Crippen LogP contribution >= 0.6 is 11.6 Å². The molecule has 32 heavy (non-hydrogen) atoms. The average molecular weight is 447 g/mol. The lowest BCUT2D eigenvalue weighted by Crippen LogP contribution is -2.14. The molecule has 0 saturated carbocycles. The summed E-state index contributed by atoms with van der Waals surface area (Å²) in [5.74, 6) is 0.965. The number of carbonyl (C=O) groups excluding carboxylic acids is 1. The van der Waals surface area contributed by atoms with Crippen molar-refractivity contribution in [1.29, 1.82) is 0 Å². The molecule has 3 aromatic carbocycles. The Morgan fingerprint density at radius 2 is 1.69 bits per heavy atom. The molecule has 0 unspecified atom stereocenters. The smallest absolute Gasteiger partial charge is 0.256 e. The molecule has 4 rings (SSSR count). The van der Waals surface area contributed by atoms with Crippen LogP contribution in [0.1, 0.15) is 21.5 Å². The van der Waals surface area contributed by atoms with Crippen molar-refractivity contribution in [2.24, 2.45) is 0 Å². The molecule has 1 aromatic heterocycles. The van der Waals surface area contributed by atoms with Gasteiger partial charge in [0.25, 0.3) is 5.91 Å². The molecule has 0 radical (unpaired) electrons. The van der Waals surface area contributed by atoms with Gasteiger partial charge in [-0.3, -0.25) is 4.79 Å². The molecule has 4 aromatic rings. The number of aromatic nitrogens is 1. The molecule has 1 N–H and O–H groups in total. The largest absolute Gasteiger partial charge is 0.493 e. The molecule has 1 heterocycles. The van der Waals surface area contributed by atoms with Gasteiger partial charge >= 0.3 is 0 Å². The van der Waals surface area contributed by atoms with Gasteiger partial charge in [0.05, 0.1) is 41.7 Å². The van der Waals surface area contributed by atoms with Crippen molar-refractivity contribution in [2.45, 2.75) is 13.8 Å². The van der Waals surface area contributed by atoms with Crippen LogP contribution in [-0.4, -0.2) is 25.1 Å². The van der Waals surface area contributed by atoms with Crippen molar-refractivity contribution in [3.8, 4) is 22.8 Å². The fraction of sp³-hybridized carbons (Fsp3) is 0.154. The summed E-state index contributed by atoms with van der Waals surface area (Å²) in [5, 5.41) is 4.26. The van der Waals surface area contributed by atoms with Gasteiger partial charge in [-0.05, 0) is 61.4 Å². The second-order valence-corrected chi connectivity index (χ2v) is 7.94. The van der Waals surface area contributed by atoms with Gasteiger partial charge in [-0.15, -0.1) is 0 Å². The molecule has 0 saturated heterocycles. The maximum absolute atomic E-state index is 13.4. The molecular formula is C26H23ClN2O3. The number of carbonyl (C=O) groups is 1. The van der Waals surface area contributed by atoms with Crippen LogP contribution in [0.5, 0.6) is 11.5 Å². The second-order valence-electron chi connectivity index (χ2n) is 7.53. The molecule has 1 amide bonds. The van der Waals surface area contributed by atoms with Crippen molar-refractivity contribution < 1.29 is 14.3 Å².